The average molecular weight is 162 g/mol. The summed E-state index contributed by atoms with van der Waals surface area (Å²) in [5, 5.41) is 0. The fraction of sp³-hybridized carbons (Fsp3) is 0.400. The molecule has 0 radical (unpaired) electrons. The first-order valence-electron chi connectivity index (χ1n) is 4.15. The molecule has 0 saturated carbocycles. The topological polar surface area (TPSA) is 25.8 Å². The number of hydrogen-bond acceptors (Lipinski definition) is 2. The van der Waals surface area contributed by atoms with E-state index in [2.05, 4.69) is 36.0 Å². The minimum Gasteiger partial charge on any atom is -0.244 e. The lowest BCUT2D eigenvalue weighted by molar-refractivity contribution is 0.836. The molecule has 2 heteroatoms. The molecule has 0 bridgehead atoms. The zero-order valence-corrected chi connectivity index (χ0v) is 7.78. The third kappa shape index (κ3) is 2.46. The summed E-state index contributed by atoms with van der Waals surface area (Å²) in [7, 11) is 0. The van der Waals surface area contributed by atoms with Gasteiger partial charge in [-0.15, -0.1) is 0 Å². The number of aryl methyl sites for hydroxylation is 1. The van der Waals surface area contributed by atoms with Gasteiger partial charge in [0.2, 0.25) is 0 Å². The van der Waals surface area contributed by atoms with Crippen molar-refractivity contribution < 1.29 is 0 Å². The van der Waals surface area contributed by atoms with Crippen LogP contribution in [0.1, 0.15) is 25.1 Å². The van der Waals surface area contributed by atoms with Gasteiger partial charge in [0.15, 0.2) is 0 Å². The lowest BCUT2D eigenvalue weighted by Gasteiger charge is -1.97. The normalized spacial score (nSPS) is 11.3. The number of aromatic nitrogens is 2. The van der Waals surface area contributed by atoms with Crippen molar-refractivity contribution in [3.05, 3.63) is 29.9 Å². The van der Waals surface area contributed by atoms with Crippen LogP contribution in [-0.2, 0) is 0 Å². The van der Waals surface area contributed by atoms with Crippen LogP contribution in [0.5, 0.6) is 0 Å². The van der Waals surface area contributed by atoms with Crippen LogP contribution in [0.4, 0.5) is 0 Å². The number of allylic oxidation sites excluding steroid dienone is 1. The van der Waals surface area contributed by atoms with E-state index in [9.17, 15) is 0 Å². The van der Waals surface area contributed by atoms with E-state index in [4.69, 9.17) is 0 Å². The molecule has 0 fully saturated rings. The molecule has 0 aliphatic carbocycles. The maximum atomic E-state index is 4.09. The Morgan fingerprint density at radius 1 is 1.42 bits per heavy atom. The number of rotatable bonds is 2. The van der Waals surface area contributed by atoms with E-state index in [1.165, 1.54) is 0 Å². The van der Waals surface area contributed by atoms with Crippen LogP contribution >= 0.6 is 0 Å². The zero-order valence-electron chi connectivity index (χ0n) is 7.78. The number of hydrogen-bond donors (Lipinski definition) is 0. The summed E-state index contributed by atoms with van der Waals surface area (Å²) in [6, 6.07) is 0. The van der Waals surface area contributed by atoms with E-state index in [1.54, 1.807) is 6.33 Å². The van der Waals surface area contributed by atoms with Crippen molar-refractivity contribution in [3.8, 4) is 0 Å². The second-order valence-corrected chi connectivity index (χ2v) is 3.17. The van der Waals surface area contributed by atoms with E-state index in [1.807, 2.05) is 13.1 Å². The van der Waals surface area contributed by atoms with Crippen LogP contribution in [0.2, 0.25) is 0 Å². The maximum absolute atomic E-state index is 4.09. The molecule has 2 nitrogen and oxygen atoms in total. The van der Waals surface area contributed by atoms with Crippen LogP contribution in [-0.4, -0.2) is 9.97 Å². The van der Waals surface area contributed by atoms with E-state index in [-0.39, 0.29) is 0 Å². The molecule has 0 aliphatic rings. The van der Waals surface area contributed by atoms with Crippen molar-refractivity contribution in [2.24, 2.45) is 5.92 Å². The fourth-order valence-electron chi connectivity index (χ4n) is 0.861. The predicted molar refractivity (Wildman–Crippen MR) is 50.6 cm³/mol. The smallest absolute Gasteiger partial charge is 0.115 e. The van der Waals surface area contributed by atoms with Crippen LogP contribution in [0, 0.1) is 12.8 Å². The Labute approximate surface area is 73.4 Å². The van der Waals surface area contributed by atoms with Gasteiger partial charge in [-0.2, -0.15) is 0 Å². The summed E-state index contributed by atoms with van der Waals surface area (Å²) in [5.41, 5.74) is 2.13. The van der Waals surface area contributed by atoms with Gasteiger partial charge < -0.3 is 0 Å². The number of nitrogens with zero attached hydrogens (tertiary/aromatic N) is 2. The molecule has 0 unspecified atom stereocenters. The van der Waals surface area contributed by atoms with Gasteiger partial charge in [0.1, 0.15) is 6.33 Å². The molecule has 1 heterocycles. The van der Waals surface area contributed by atoms with Crippen molar-refractivity contribution in [2.75, 3.05) is 0 Å². The van der Waals surface area contributed by atoms with Gasteiger partial charge in [0.05, 0.1) is 0 Å². The first kappa shape index (κ1) is 8.91. The zero-order chi connectivity index (χ0) is 8.97. The van der Waals surface area contributed by atoms with Crippen LogP contribution in [0.25, 0.3) is 6.08 Å². The molecule has 0 N–H and O–H groups in total. The Morgan fingerprint density at radius 2 is 2.17 bits per heavy atom. The molecule has 12 heavy (non-hydrogen) atoms. The summed E-state index contributed by atoms with van der Waals surface area (Å²) in [4.78, 5) is 8.06. The van der Waals surface area contributed by atoms with Gasteiger partial charge in [-0.05, 0) is 12.8 Å². The summed E-state index contributed by atoms with van der Waals surface area (Å²) >= 11 is 0. The molecule has 64 valence electrons. The van der Waals surface area contributed by atoms with Gasteiger partial charge in [-0.3, -0.25) is 0 Å². The van der Waals surface area contributed by atoms with Crippen molar-refractivity contribution in [1.82, 2.24) is 9.97 Å². The lowest BCUT2D eigenvalue weighted by atomic mass is 10.1. The molecule has 0 aliphatic heterocycles. The molecule has 0 spiro atoms. The average Bonchev–Trinajstić information content (AvgIpc) is 2.03. The molecular weight excluding hydrogens is 148 g/mol. The minimum atomic E-state index is 0.574. The molecule has 0 amide bonds. The third-order valence-electron chi connectivity index (χ3n) is 1.61. The lowest BCUT2D eigenvalue weighted by Crippen LogP contribution is -1.87. The molecule has 1 aromatic heterocycles. The Balaban J connectivity index is 2.82. The Bertz CT molecular complexity index is 277. The van der Waals surface area contributed by atoms with Crippen molar-refractivity contribution in [1.29, 1.82) is 0 Å². The maximum Gasteiger partial charge on any atom is 0.115 e. The highest BCUT2D eigenvalue weighted by Gasteiger charge is 1.93. The highest BCUT2D eigenvalue weighted by atomic mass is 14.8. The summed E-state index contributed by atoms with van der Waals surface area (Å²) in [5.74, 6) is 0.574. The largest absolute Gasteiger partial charge is 0.244 e. The van der Waals surface area contributed by atoms with Gasteiger partial charge in [0.25, 0.3) is 0 Å². The molecule has 1 rings (SSSR count). The van der Waals surface area contributed by atoms with E-state index in [0.29, 0.717) is 5.92 Å². The Kier molecular flexibility index (Phi) is 2.97. The standard InChI is InChI=1S/C10H14N2/c1-8(2)4-5-10-6-11-7-12-9(10)3/h4-8H,1-3H3/b5-4-. The SMILES string of the molecule is Cc1ncncc1/C=C\C(C)C. The van der Waals surface area contributed by atoms with Crippen molar-refractivity contribution in [3.63, 3.8) is 0 Å². The molecule has 0 saturated heterocycles. The quantitative estimate of drug-likeness (QED) is 0.667. The molecule has 0 atom stereocenters. The van der Waals surface area contributed by atoms with Crippen LogP contribution < -0.4 is 0 Å². The second-order valence-electron chi connectivity index (χ2n) is 3.17. The van der Waals surface area contributed by atoms with E-state index < -0.39 is 0 Å². The Hall–Kier alpha value is -1.18. The highest BCUT2D eigenvalue weighted by Crippen LogP contribution is 2.06. The van der Waals surface area contributed by atoms with Gasteiger partial charge in [-0.25, -0.2) is 9.97 Å². The summed E-state index contributed by atoms with van der Waals surface area (Å²) < 4.78 is 0. The second kappa shape index (κ2) is 4.00. The fourth-order valence-corrected chi connectivity index (χ4v) is 0.861. The van der Waals surface area contributed by atoms with E-state index in [0.717, 1.165) is 11.3 Å². The minimum absolute atomic E-state index is 0.574. The molecule has 1 aromatic rings. The summed E-state index contributed by atoms with van der Waals surface area (Å²) in [6.45, 7) is 6.28. The predicted octanol–water partition coefficient (Wildman–Crippen LogP) is 2.45. The highest BCUT2D eigenvalue weighted by molar-refractivity contribution is 5.50. The van der Waals surface area contributed by atoms with Crippen molar-refractivity contribution in [2.45, 2.75) is 20.8 Å². The molecule has 0 aromatic carbocycles. The summed E-state index contributed by atoms with van der Waals surface area (Å²) in [6.07, 6.45) is 7.62. The Morgan fingerprint density at radius 3 is 2.75 bits per heavy atom. The van der Waals surface area contributed by atoms with Gasteiger partial charge in [-0.1, -0.05) is 26.0 Å². The first-order chi connectivity index (χ1) is 5.70. The van der Waals surface area contributed by atoms with Gasteiger partial charge >= 0.3 is 0 Å². The van der Waals surface area contributed by atoms with Gasteiger partial charge in [0, 0.05) is 17.5 Å². The van der Waals surface area contributed by atoms with Crippen LogP contribution in [0.15, 0.2) is 18.6 Å². The first-order valence-corrected chi connectivity index (χ1v) is 4.15. The van der Waals surface area contributed by atoms with E-state index >= 15 is 0 Å². The van der Waals surface area contributed by atoms with Crippen LogP contribution in [0.3, 0.4) is 0 Å². The molecular formula is C10H14N2. The van der Waals surface area contributed by atoms with Crippen molar-refractivity contribution >= 4 is 6.08 Å². The monoisotopic (exact) mass is 162 g/mol. The third-order valence-corrected chi connectivity index (χ3v) is 1.61.